The van der Waals surface area contributed by atoms with Gasteiger partial charge in [0.1, 0.15) is 0 Å². The van der Waals surface area contributed by atoms with Crippen molar-refractivity contribution in [1.82, 2.24) is 0 Å². The van der Waals surface area contributed by atoms with Crippen molar-refractivity contribution in [2.24, 2.45) is 0 Å². The second-order valence-electron chi connectivity index (χ2n) is 4.96. The van der Waals surface area contributed by atoms with Gasteiger partial charge in [0.2, 0.25) is 0 Å². The number of carbonyl (C=O) groups is 2. The van der Waals surface area contributed by atoms with Crippen molar-refractivity contribution in [2.45, 2.75) is 5.25 Å². The molecular formula is C16H12F2O6S. The second-order valence-corrected chi connectivity index (χ2v) is 6.51. The molecule has 0 aliphatic carbocycles. The zero-order chi connectivity index (χ0) is 18.7. The van der Waals surface area contributed by atoms with Crippen LogP contribution in [-0.4, -0.2) is 36.6 Å². The van der Waals surface area contributed by atoms with Crippen LogP contribution in [0.2, 0.25) is 0 Å². The summed E-state index contributed by atoms with van der Waals surface area (Å²) in [6.07, 6.45) is 0. The molecule has 0 unspecified atom stereocenters. The monoisotopic (exact) mass is 370 g/mol. The molecule has 0 aromatic heterocycles. The van der Waals surface area contributed by atoms with E-state index in [1.807, 2.05) is 0 Å². The molecule has 0 bridgehead atoms. The van der Waals surface area contributed by atoms with Crippen molar-refractivity contribution in [3.63, 3.8) is 0 Å². The van der Waals surface area contributed by atoms with E-state index in [1.165, 1.54) is 24.3 Å². The third kappa shape index (κ3) is 4.46. The lowest BCUT2D eigenvalue weighted by Gasteiger charge is -2.13. The van der Waals surface area contributed by atoms with Crippen LogP contribution in [0.1, 0.15) is 26.3 Å². The number of ketones is 1. The zero-order valence-corrected chi connectivity index (χ0v) is 13.4. The van der Waals surface area contributed by atoms with Crippen molar-refractivity contribution in [1.29, 1.82) is 0 Å². The highest BCUT2D eigenvalue weighted by Crippen LogP contribution is 2.21. The number of carbonyl (C=O) groups excluding carboxylic acids is 2. The predicted molar refractivity (Wildman–Crippen MR) is 83.1 cm³/mol. The molecule has 0 aliphatic rings. The maximum Gasteiger partial charge on any atom is 0.402 e. The Labute approximate surface area is 141 Å². The number of esters is 1. The summed E-state index contributed by atoms with van der Waals surface area (Å²) < 4.78 is 59.4. The summed E-state index contributed by atoms with van der Waals surface area (Å²) in [6, 6.07) is 13.3. The number of ether oxygens (including phenoxy) is 1. The van der Waals surface area contributed by atoms with E-state index in [2.05, 4.69) is 4.74 Å². The summed E-state index contributed by atoms with van der Waals surface area (Å²) in [6.45, 7) is -1.82. The largest absolute Gasteiger partial charge is 0.454 e. The SMILES string of the molecule is O=C(OCC(F)(F)S(=O)(=O)O)c1ccc(C(=O)c2ccccc2)cc1. The second kappa shape index (κ2) is 7.08. The standard InChI is InChI=1S/C16H12F2O6S/c17-16(18,25(21,22)23)10-24-15(20)13-8-6-12(7-9-13)14(19)11-4-2-1-3-5-11/h1-9H,10H2,(H,21,22,23). The van der Waals surface area contributed by atoms with Gasteiger partial charge < -0.3 is 4.74 Å². The van der Waals surface area contributed by atoms with Crippen LogP contribution in [-0.2, 0) is 14.9 Å². The number of alkyl halides is 2. The minimum absolute atomic E-state index is 0.157. The van der Waals surface area contributed by atoms with Gasteiger partial charge in [-0.05, 0) is 12.1 Å². The third-order valence-electron chi connectivity index (χ3n) is 3.17. The number of hydrogen-bond acceptors (Lipinski definition) is 5. The molecule has 0 atom stereocenters. The Morgan fingerprint density at radius 3 is 1.92 bits per heavy atom. The molecule has 9 heteroatoms. The van der Waals surface area contributed by atoms with Gasteiger partial charge in [-0.25, -0.2) is 4.79 Å². The molecule has 0 spiro atoms. The van der Waals surface area contributed by atoms with Gasteiger partial charge in [-0.2, -0.15) is 17.2 Å². The third-order valence-corrected chi connectivity index (χ3v) is 4.04. The van der Waals surface area contributed by atoms with Crippen molar-refractivity contribution in [3.8, 4) is 0 Å². The number of halogens is 2. The molecule has 0 saturated heterocycles. The Kier molecular flexibility index (Phi) is 5.29. The Hall–Kier alpha value is -2.65. The first kappa shape index (κ1) is 18.7. The first-order valence-electron chi connectivity index (χ1n) is 6.83. The number of hydrogen-bond donors (Lipinski definition) is 1. The molecule has 0 fully saturated rings. The smallest absolute Gasteiger partial charge is 0.402 e. The maximum absolute atomic E-state index is 13.0. The van der Waals surface area contributed by atoms with Crippen LogP contribution in [0.5, 0.6) is 0 Å². The van der Waals surface area contributed by atoms with Gasteiger partial charge >= 0.3 is 21.3 Å². The predicted octanol–water partition coefficient (Wildman–Crippen LogP) is 2.56. The van der Waals surface area contributed by atoms with E-state index in [9.17, 15) is 26.8 Å². The Bertz CT molecular complexity index is 877. The highest BCUT2D eigenvalue weighted by Gasteiger charge is 2.45. The summed E-state index contributed by atoms with van der Waals surface area (Å²) in [5, 5.41) is -4.61. The van der Waals surface area contributed by atoms with E-state index in [1.54, 1.807) is 30.3 Å². The van der Waals surface area contributed by atoms with Gasteiger partial charge in [0, 0.05) is 11.1 Å². The van der Waals surface area contributed by atoms with Crippen LogP contribution in [0.15, 0.2) is 54.6 Å². The van der Waals surface area contributed by atoms with Gasteiger partial charge in [0.15, 0.2) is 12.4 Å². The minimum atomic E-state index is -5.68. The first-order valence-corrected chi connectivity index (χ1v) is 8.27. The van der Waals surface area contributed by atoms with E-state index >= 15 is 0 Å². The van der Waals surface area contributed by atoms with Gasteiger partial charge in [-0.15, -0.1) is 0 Å². The van der Waals surface area contributed by atoms with Crippen molar-refractivity contribution < 1.29 is 36.1 Å². The summed E-state index contributed by atoms with van der Waals surface area (Å²) >= 11 is 0. The fraction of sp³-hybridized carbons (Fsp3) is 0.125. The fourth-order valence-electron chi connectivity index (χ4n) is 1.82. The average molecular weight is 370 g/mol. The summed E-state index contributed by atoms with van der Waals surface area (Å²) in [5.41, 5.74) is 0.549. The lowest BCUT2D eigenvalue weighted by atomic mass is 10.0. The molecular weight excluding hydrogens is 358 g/mol. The van der Waals surface area contributed by atoms with Crippen LogP contribution in [0, 0.1) is 0 Å². The average Bonchev–Trinajstić information content (AvgIpc) is 2.59. The van der Waals surface area contributed by atoms with Crippen molar-refractivity contribution in [3.05, 3.63) is 71.3 Å². The van der Waals surface area contributed by atoms with E-state index in [0.717, 1.165) is 0 Å². The fourth-order valence-corrected chi connectivity index (χ4v) is 2.03. The lowest BCUT2D eigenvalue weighted by molar-refractivity contribution is -0.00950. The number of rotatable bonds is 6. The molecule has 0 radical (unpaired) electrons. The van der Waals surface area contributed by atoms with Gasteiger partial charge in [0.05, 0.1) is 5.56 Å². The molecule has 0 heterocycles. The first-order chi connectivity index (χ1) is 11.6. The van der Waals surface area contributed by atoms with E-state index < -0.39 is 27.9 Å². The molecule has 0 saturated carbocycles. The number of benzene rings is 2. The highest BCUT2D eigenvalue weighted by atomic mass is 32.2. The van der Waals surface area contributed by atoms with Crippen molar-refractivity contribution in [2.75, 3.05) is 6.61 Å². The maximum atomic E-state index is 13.0. The van der Waals surface area contributed by atoms with E-state index in [0.29, 0.717) is 5.56 Å². The Balaban J connectivity index is 2.07. The van der Waals surface area contributed by atoms with Crippen LogP contribution in [0.25, 0.3) is 0 Å². The van der Waals surface area contributed by atoms with E-state index in [-0.39, 0.29) is 16.9 Å². The quantitative estimate of drug-likeness (QED) is 0.477. The highest BCUT2D eigenvalue weighted by molar-refractivity contribution is 7.86. The normalized spacial score (nSPS) is 11.8. The zero-order valence-electron chi connectivity index (χ0n) is 12.6. The van der Waals surface area contributed by atoms with Gasteiger partial charge in [0.25, 0.3) is 0 Å². The van der Waals surface area contributed by atoms with Crippen LogP contribution in [0.3, 0.4) is 0 Å². The Morgan fingerprint density at radius 1 is 0.920 bits per heavy atom. The summed E-state index contributed by atoms with van der Waals surface area (Å²) in [4.78, 5) is 23.8. The summed E-state index contributed by atoms with van der Waals surface area (Å²) in [7, 11) is -5.68. The molecule has 6 nitrogen and oxygen atoms in total. The molecule has 25 heavy (non-hydrogen) atoms. The molecule has 0 aliphatic heterocycles. The molecule has 1 N–H and O–H groups in total. The van der Waals surface area contributed by atoms with Crippen LogP contribution in [0.4, 0.5) is 8.78 Å². The Morgan fingerprint density at radius 2 is 1.40 bits per heavy atom. The van der Waals surface area contributed by atoms with Gasteiger partial charge in [-0.1, -0.05) is 42.5 Å². The lowest BCUT2D eigenvalue weighted by Crippen LogP contribution is -2.34. The molecule has 2 rings (SSSR count). The molecule has 2 aromatic rings. The van der Waals surface area contributed by atoms with Crippen molar-refractivity contribution >= 4 is 21.9 Å². The molecule has 132 valence electrons. The summed E-state index contributed by atoms with van der Waals surface area (Å²) in [5.74, 6) is -1.51. The van der Waals surface area contributed by atoms with Crippen LogP contribution >= 0.6 is 0 Å². The molecule has 0 amide bonds. The van der Waals surface area contributed by atoms with E-state index in [4.69, 9.17) is 4.55 Å². The van der Waals surface area contributed by atoms with Gasteiger partial charge in [-0.3, -0.25) is 9.35 Å². The molecule has 2 aromatic carbocycles. The minimum Gasteiger partial charge on any atom is -0.454 e. The van der Waals surface area contributed by atoms with Crippen LogP contribution < -0.4 is 0 Å². The topological polar surface area (TPSA) is 97.7 Å².